The van der Waals surface area contributed by atoms with E-state index in [1.165, 1.54) is 5.56 Å². The first-order valence-electron chi connectivity index (χ1n) is 14.2. The van der Waals surface area contributed by atoms with E-state index in [-0.39, 0.29) is 18.2 Å². The van der Waals surface area contributed by atoms with Crippen molar-refractivity contribution in [2.45, 2.75) is 78.5 Å². The van der Waals surface area contributed by atoms with Crippen LogP contribution in [0.2, 0.25) is 0 Å². The number of piperidine rings is 1. The molecule has 2 aliphatic heterocycles. The molecule has 0 saturated carbocycles. The van der Waals surface area contributed by atoms with Gasteiger partial charge in [0.15, 0.2) is 5.65 Å². The molecule has 0 spiro atoms. The fourth-order valence-corrected chi connectivity index (χ4v) is 5.86. The zero-order chi connectivity index (χ0) is 28.2. The summed E-state index contributed by atoms with van der Waals surface area (Å²) in [5.74, 6) is 2.70. The Morgan fingerprint density at radius 1 is 1.02 bits per heavy atom. The van der Waals surface area contributed by atoms with Crippen LogP contribution in [0.3, 0.4) is 0 Å². The summed E-state index contributed by atoms with van der Waals surface area (Å²) < 4.78 is 7.29. The maximum absolute atomic E-state index is 12.1. The van der Waals surface area contributed by atoms with Crippen LogP contribution in [0.4, 0.5) is 16.4 Å². The third-order valence-electron chi connectivity index (χ3n) is 7.67. The van der Waals surface area contributed by atoms with Gasteiger partial charge in [0.2, 0.25) is 0 Å². The summed E-state index contributed by atoms with van der Waals surface area (Å²) in [5, 5.41) is 9.08. The summed E-state index contributed by atoms with van der Waals surface area (Å²) in [6.45, 7) is 14.1. The number of nitrogens with zero attached hydrogens (tertiary/aromatic N) is 7. The van der Waals surface area contributed by atoms with E-state index in [9.17, 15) is 4.79 Å². The van der Waals surface area contributed by atoms with Gasteiger partial charge in [0.05, 0.1) is 23.3 Å². The summed E-state index contributed by atoms with van der Waals surface area (Å²) in [7, 11) is 0. The summed E-state index contributed by atoms with van der Waals surface area (Å²) in [4.78, 5) is 31.4. The predicted octanol–water partition coefficient (Wildman–Crippen LogP) is 5.04. The van der Waals surface area contributed by atoms with Gasteiger partial charge in [-0.05, 0) is 72.4 Å². The summed E-state index contributed by atoms with van der Waals surface area (Å²) >= 11 is 0. The molecule has 0 aliphatic carbocycles. The molecule has 3 aromatic heterocycles. The van der Waals surface area contributed by atoms with E-state index in [1.807, 2.05) is 32.2 Å². The van der Waals surface area contributed by atoms with Crippen LogP contribution in [0.25, 0.3) is 16.6 Å². The number of carbonyl (C=O) groups is 1. The van der Waals surface area contributed by atoms with Crippen LogP contribution >= 0.6 is 0 Å². The van der Waals surface area contributed by atoms with Gasteiger partial charge in [0, 0.05) is 42.8 Å². The fourth-order valence-electron chi connectivity index (χ4n) is 5.86. The number of benzene rings is 1. The Bertz CT molecular complexity index is 1580. The second-order valence-electron chi connectivity index (χ2n) is 12.1. The van der Waals surface area contributed by atoms with Crippen molar-refractivity contribution in [2.75, 3.05) is 29.4 Å². The minimum Gasteiger partial charge on any atom is -0.444 e. The number of nitrogens with one attached hydrogen (secondary N) is 1. The summed E-state index contributed by atoms with van der Waals surface area (Å²) in [6, 6.07) is 8.53. The zero-order valence-electron chi connectivity index (χ0n) is 24.2. The molecule has 1 amide bonds. The van der Waals surface area contributed by atoms with Gasteiger partial charge in [-0.3, -0.25) is 0 Å². The van der Waals surface area contributed by atoms with E-state index in [1.54, 1.807) is 0 Å². The summed E-state index contributed by atoms with van der Waals surface area (Å²) in [5.41, 5.74) is 4.54. The van der Waals surface area contributed by atoms with Crippen LogP contribution in [-0.4, -0.2) is 61.9 Å². The van der Waals surface area contributed by atoms with Gasteiger partial charge < -0.3 is 19.9 Å². The highest BCUT2D eigenvalue weighted by atomic mass is 16.6. The largest absolute Gasteiger partial charge is 0.444 e. The average molecular weight is 543 g/mol. The van der Waals surface area contributed by atoms with Crippen LogP contribution < -0.4 is 15.1 Å². The van der Waals surface area contributed by atoms with Gasteiger partial charge in [0.1, 0.15) is 23.1 Å². The molecule has 0 bridgehead atoms. The fraction of sp³-hybridized carbons (Fsp3) is 0.500. The van der Waals surface area contributed by atoms with Crippen molar-refractivity contribution in [3.8, 4) is 0 Å². The number of aryl methyl sites for hydroxylation is 3. The van der Waals surface area contributed by atoms with Crippen molar-refractivity contribution in [1.29, 1.82) is 0 Å². The van der Waals surface area contributed by atoms with Crippen LogP contribution in [0.15, 0.2) is 30.5 Å². The molecule has 1 atom stereocenters. The van der Waals surface area contributed by atoms with E-state index in [4.69, 9.17) is 24.8 Å². The third kappa shape index (κ3) is 5.02. The van der Waals surface area contributed by atoms with E-state index >= 15 is 0 Å². The maximum Gasteiger partial charge on any atom is 0.407 e. The van der Waals surface area contributed by atoms with Crippen molar-refractivity contribution in [3.05, 3.63) is 53.1 Å². The third-order valence-corrected chi connectivity index (χ3v) is 7.67. The monoisotopic (exact) mass is 542 g/mol. The Morgan fingerprint density at radius 2 is 1.82 bits per heavy atom. The first-order chi connectivity index (χ1) is 19.1. The maximum atomic E-state index is 12.1. The molecule has 40 heavy (non-hydrogen) atoms. The highest BCUT2D eigenvalue weighted by molar-refractivity contribution is 5.92. The minimum absolute atomic E-state index is 0.0399. The highest BCUT2D eigenvalue weighted by Gasteiger charge is 2.33. The van der Waals surface area contributed by atoms with Crippen LogP contribution in [0.1, 0.15) is 68.7 Å². The van der Waals surface area contributed by atoms with Crippen LogP contribution in [0.5, 0.6) is 0 Å². The second-order valence-corrected chi connectivity index (χ2v) is 12.1. The van der Waals surface area contributed by atoms with E-state index in [0.717, 1.165) is 71.1 Å². The molecule has 10 heteroatoms. The van der Waals surface area contributed by atoms with E-state index < -0.39 is 5.60 Å². The predicted molar refractivity (Wildman–Crippen MR) is 156 cm³/mol. The van der Waals surface area contributed by atoms with Gasteiger partial charge in [-0.2, -0.15) is 5.10 Å². The van der Waals surface area contributed by atoms with E-state index in [2.05, 4.69) is 59.4 Å². The van der Waals surface area contributed by atoms with Gasteiger partial charge >= 0.3 is 6.09 Å². The van der Waals surface area contributed by atoms with Crippen molar-refractivity contribution in [2.24, 2.45) is 0 Å². The number of rotatable bonds is 4. The Balaban J connectivity index is 1.26. The lowest BCUT2D eigenvalue weighted by molar-refractivity contribution is 0.0496. The molecule has 210 valence electrons. The molecule has 1 unspecified atom stereocenters. The number of anilines is 2. The SMILES string of the molecule is Cc1nc(N2CCCCC2c2cc3nc(N4CC(NC(=O)OC(C)(C)C)C4)c(C)cn3n2)c2c(C)cccc2n1. The molecule has 1 N–H and O–H groups in total. The van der Waals surface area contributed by atoms with Crippen molar-refractivity contribution in [3.63, 3.8) is 0 Å². The molecular formula is C30H38N8O2. The Morgan fingerprint density at radius 3 is 2.60 bits per heavy atom. The molecule has 1 aromatic carbocycles. The number of alkyl carbamates (subject to hydrolysis) is 1. The topological polar surface area (TPSA) is 101 Å². The second kappa shape index (κ2) is 9.91. The van der Waals surface area contributed by atoms with Gasteiger partial charge in [0.25, 0.3) is 0 Å². The summed E-state index contributed by atoms with van der Waals surface area (Å²) in [6.07, 6.45) is 4.95. The molecule has 6 rings (SSSR count). The number of ether oxygens (including phenoxy) is 1. The number of fused-ring (bicyclic) bond motifs is 2. The van der Waals surface area contributed by atoms with Crippen molar-refractivity contribution in [1.82, 2.24) is 29.9 Å². The molecule has 2 fully saturated rings. The number of amides is 1. The van der Waals surface area contributed by atoms with Crippen molar-refractivity contribution < 1.29 is 9.53 Å². The molecule has 2 aliphatic rings. The first-order valence-corrected chi connectivity index (χ1v) is 14.2. The molecule has 2 saturated heterocycles. The van der Waals surface area contributed by atoms with Crippen LogP contribution in [0, 0.1) is 20.8 Å². The van der Waals surface area contributed by atoms with Gasteiger partial charge in [-0.1, -0.05) is 12.1 Å². The molecular weight excluding hydrogens is 504 g/mol. The number of carbonyl (C=O) groups excluding carboxylic acids is 1. The average Bonchev–Trinajstić information content (AvgIpc) is 3.26. The molecule has 4 aromatic rings. The van der Waals surface area contributed by atoms with Crippen molar-refractivity contribution >= 4 is 34.3 Å². The number of hydrogen-bond acceptors (Lipinski definition) is 8. The smallest absolute Gasteiger partial charge is 0.407 e. The standard InChI is InChI=1S/C30H38N8O2/c1-18-10-9-11-22-26(18)28(32-20(3)31-22)37-13-8-7-12-24(37)23-14-25-34-27(19(2)15-38(25)35-23)36-16-21(17-36)33-29(39)40-30(4,5)6/h9-11,14-15,21,24H,7-8,12-13,16-17H2,1-6H3,(H,33,39). The number of aromatic nitrogens is 5. The normalized spacial score (nSPS) is 18.3. The minimum atomic E-state index is -0.511. The molecule has 5 heterocycles. The lowest BCUT2D eigenvalue weighted by atomic mass is 9.98. The molecule has 0 radical (unpaired) electrons. The van der Waals surface area contributed by atoms with Gasteiger partial charge in [-0.25, -0.2) is 24.3 Å². The lowest BCUT2D eigenvalue weighted by Crippen LogP contribution is -2.60. The van der Waals surface area contributed by atoms with E-state index in [0.29, 0.717) is 13.1 Å². The zero-order valence-corrected chi connectivity index (χ0v) is 24.2. The Kier molecular flexibility index (Phi) is 6.51. The Hall–Kier alpha value is -3.95. The van der Waals surface area contributed by atoms with Gasteiger partial charge in [-0.15, -0.1) is 0 Å². The lowest BCUT2D eigenvalue weighted by Gasteiger charge is -2.41. The highest BCUT2D eigenvalue weighted by Crippen LogP contribution is 2.38. The van der Waals surface area contributed by atoms with Crippen LogP contribution in [-0.2, 0) is 4.74 Å². The number of hydrogen-bond donors (Lipinski definition) is 1. The first kappa shape index (κ1) is 26.3. The quantitative estimate of drug-likeness (QED) is 0.383. The Labute approximate surface area is 234 Å². The molecule has 10 nitrogen and oxygen atoms in total.